The van der Waals surface area contributed by atoms with Crippen LogP contribution in [0.4, 0.5) is 4.79 Å². The van der Waals surface area contributed by atoms with Crippen LogP contribution in [0.5, 0.6) is 0 Å². The summed E-state index contributed by atoms with van der Waals surface area (Å²) in [6.07, 6.45) is 5.64. The van der Waals surface area contributed by atoms with Crippen molar-refractivity contribution in [2.45, 2.75) is 52.0 Å². The first kappa shape index (κ1) is 25.8. The van der Waals surface area contributed by atoms with E-state index in [-0.39, 0.29) is 29.3 Å². The molecule has 0 aromatic carbocycles. The number of carbonyl (C=O) groups is 2. The van der Waals surface area contributed by atoms with Crippen molar-refractivity contribution < 1.29 is 9.59 Å². The highest BCUT2D eigenvalue weighted by atomic mass is 32.1. The van der Waals surface area contributed by atoms with Gasteiger partial charge in [0.2, 0.25) is 5.91 Å². The first-order chi connectivity index (χ1) is 16.8. The van der Waals surface area contributed by atoms with Gasteiger partial charge in [-0.25, -0.2) is 9.78 Å². The van der Waals surface area contributed by atoms with Crippen LogP contribution in [0.3, 0.4) is 0 Å². The predicted octanol–water partition coefficient (Wildman–Crippen LogP) is 2.31. The average Bonchev–Trinajstić information content (AvgIpc) is 3.19. The number of thiophene rings is 1. The van der Waals surface area contributed by atoms with Gasteiger partial charge in [-0.2, -0.15) is 0 Å². The Morgan fingerprint density at radius 1 is 1.26 bits per heavy atom. The third-order valence-electron chi connectivity index (χ3n) is 7.28. The Morgan fingerprint density at radius 3 is 2.77 bits per heavy atom. The van der Waals surface area contributed by atoms with Crippen molar-refractivity contribution in [2.24, 2.45) is 11.8 Å². The number of piperidine rings is 1. The van der Waals surface area contributed by atoms with Crippen LogP contribution in [0.2, 0.25) is 0 Å². The fraction of sp³-hybridized carbons (Fsp3) is 0.680. The number of fused-ring (bicyclic) bond motifs is 4. The number of aromatic nitrogens is 2. The van der Waals surface area contributed by atoms with E-state index in [1.54, 1.807) is 11.3 Å². The third kappa shape index (κ3) is 5.44. The zero-order chi connectivity index (χ0) is 25.1. The maximum atomic E-state index is 13.7. The van der Waals surface area contributed by atoms with Crippen molar-refractivity contribution >= 4 is 33.5 Å². The Balaban J connectivity index is 1.58. The molecule has 4 rings (SSSR count). The van der Waals surface area contributed by atoms with Gasteiger partial charge < -0.3 is 15.2 Å². The standard InChI is InChI=1S/C25H38N6O3S/c1-5-8-30-14-17(24(33)31(25(34)26-6-2)10-7-9-29(3)4)11-16-12-18-20(13-19(16)30)35-23-21(18)22(32)27-15-28-23/h15-17,19H,5-14H2,1-4H3,(H,26,34)(H,27,28,32)/t16-,17-,19-/m1/s1. The van der Waals surface area contributed by atoms with E-state index < -0.39 is 0 Å². The molecular formula is C25H38N6O3S. The minimum atomic E-state index is -0.298. The Kier molecular flexibility index (Phi) is 8.23. The summed E-state index contributed by atoms with van der Waals surface area (Å²) < 4.78 is 0. The molecular weight excluding hydrogens is 464 g/mol. The van der Waals surface area contributed by atoms with Crippen molar-refractivity contribution in [1.82, 2.24) is 30.0 Å². The Labute approximate surface area is 210 Å². The molecule has 3 heterocycles. The minimum Gasteiger partial charge on any atom is -0.338 e. The second-order valence-electron chi connectivity index (χ2n) is 10.1. The number of likely N-dealkylation sites (tertiary alicyclic amines) is 1. The lowest BCUT2D eigenvalue weighted by atomic mass is 9.74. The lowest BCUT2D eigenvalue weighted by Gasteiger charge is -2.47. The molecule has 2 aromatic heterocycles. The van der Waals surface area contributed by atoms with Gasteiger partial charge in [0.25, 0.3) is 5.56 Å². The molecule has 192 valence electrons. The van der Waals surface area contributed by atoms with E-state index in [9.17, 15) is 14.4 Å². The fourth-order valence-corrected chi connectivity index (χ4v) is 6.97. The summed E-state index contributed by atoms with van der Waals surface area (Å²) in [5.74, 6) is -0.0330. The molecule has 3 atom stereocenters. The van der Waals surface area contributed by atoms with Crippen LogP contribution < -0.4 is 10.9 Å². The summed E-state index contributed by atoms with van der Waals surface area (Å²) >= 11 is 1.63. The molecule has 2 aliphatic rings. The molecule has 9 nitrogen and oxygen atoms in total. The zero-order valence-corrected chi connectivity index (χ0v) is 22.1. The van der Waals surface area contributed by atoms with E-state index in [0.29, 0.717) is 31.1 Å². The van der Waals surface area contributed by atoms with Gasteiger partial charge in [-0.1, -0.05) is 6.92 Å². The van der Waals surface area contributed by atoms with Crippen LogP contribution in [0, 0.1) is 11.8 Å². The van der Waals surface area contributed by atoms with Gasteiger partial charge in [0, 0.05) is 30.6 Å². The number of urea groups is 1. The second kappa shape index (κ2) is 11.2. The van der Waals surface area contributed by atoms with Gasteiger partial charge in [0.15, 0.2) is 0 Å². The Bertz CT molecular complexity index is 1110. The molecule has 0 spiro atoms. The number of nitrogens with zero attached hydrogens (tertiary/aromatic N) is 4. The van der Waals surface area contributed by atoms with Crippen LogP contribution >= 0.6 is 11.3 Å². The highest BCUT2D eigenvalue weighted by Crippen LogP contribution is 2.42. The van der Waals surface area contributed by atoms with Gasteiger partial charge in [0.05, 0.1) is 17.6 Å². The van der Waals surface area contributed by atoms with Gasteiger partial charge in [-0.3, -0.25) is 19.4 Å². The predicted molar refractivity (Wildman–Crippen MR) is 139 cm³/mol. The number of imide groups is 1. The number of H-pyrrole nitrogens is 1. The lowest BCUT2D eigenvalue weighted by Crippen LogP contribution is -2.56. The number of rotatable bonds is 8. The van der Waals surface area contributed by atoms with Crippen LogP contribution in [-0.4, -0.2) is 89.5 Å². The molecule has 35 heavy (non-hydrogen) atoms. The van der Waals surface area contributed by atoms with Crippen molar-refractivity contribution in [3.63, 3.8) is 0 Å². The average molecular weight is 503 g/mol. The number of nitrogens with one attached hydrogen (secondary N) is 2. The number of carbonyl (C=O) groups excluding carboxylic acids is 2. The Hall–Kier alpha value is -2.30. The second-order valence-corrected chi connectivity index (χ2v) is 11.1. The highest BCUT2D eigenvalue weighted by molar-refractivity contribution is 7.18. The van der Waals surface area contributed by atoms with Crippen molar-refractivity contribution in [1.29, 1.82) is 0 Å². The molecule has 0 saturated carbocycles. The SMILES string of the molecule is CCCN1C[C@H](C(=O)N(CCCN(C)C)C(=O)NCC)C[C@@H]2Cc3c(sc4nc[nH]c(=O)c34)C[C@H]21. The van der Waals surface area contributed by atoms with Gasteiger partial charge in [0.1, 0.15) is 4.83 Å². The summed E-state index contributed by atoms with van der Waals surface area (Å²) in [5.41, 5.74) is 1.03. The van der Waals surface area contributed by atoms with Gasteiger partial charge in [-0.15, -0.1) is 11.3 Å². The quantitative estimate of drug-likeness (QED) is 0.575. The molecule has 3 amide bonds. The molecule has 1 fully saturated rings. The van der Waals surface area contributed by atoms with E-state index in [2.05, 4.69) is 32.0 Å². The molecule has 1 aliphatic heterocycles. The number of aromatic amines is 1. The van der Waals surface area contributed by atoms with Gasteiger partial charge >= 0.3 is 6.03 Å². The molecule has 1 saturated heterocycles. The zero-order valence-electron chi connectivity index (χ0n) is 21.3. The van der Waals surface area contributed by atoms with E-state index in [1.165, 1.54) is 16.1 Å². The molecule has 0 bridgehead atoms. The van der Waals surface area contributed by atoms with Crippen molar-refractivity contribution in [3.8, 4) is 0 Å². The maximum Gasteiger partial charge on any atom is 0.324 e. The number of amides is 3. The summed E-state index contributed by atoms with van der Waals surface area (Å²) in [5, 5.41) is 3.54. The van der Waals surface area contributed by atoms with Gasteiger partial charge in [-0.05, 0) is 77.7 Å². The smallest absolute Gasteiger partial charge is 0.324 e. The van der Waals surface area contributed by atoms with Crippen LogP contribution in [-0.2, 0) is 17.6 Å². The van der Waals surface area contributed by atoms with E-state index in [4.69, 9.17) is 0 Å². The van der Waals surface area contributed by atoms with E-state index >= 15 is 0 Å². The Morgan fingerprint density at radius 2 is 2.06 bits per heavy atom. The molecule has 0 unspecified atom stereocenters. The lowest BCUT2D eigenvalue weighted by molar-refractivity contribution is -0.136. The summed E-state index contributed by atoms with van der Waals surface area (Å²) in [4.78, 5) is 54.3. The first-order valence-electron chi connectivity index (χ1n) is 12.8. The topological polar surface area (TPSA) is 102 Å². The maximum absolute atomic E-state index is 13.7. The van der Waals surface area contributed by atoms with E-state index in [1.807, 2.05) is 21.0 Å². The number of hydrogen-bond acceptors (Lipinski definition) is 7. The van der Waals surface area contributed by atoms with Crippen molar-refractivity contribution in [3.05, 3.63) is 27.1 Å². The molecule has 0 radical (unpaired) electrons. The minimum absolute atomic E-state index is 0.0743. The third-order valence-corrected chi connectivity index (χ3v) is 8.44. The number of hydrogen-bond donors (Lipinski definition) is 2. The van der Waals surface area contributed by atoms with Crippen LogP contribution in [0.1, 0.15) is 43.6 Å². The molecule has 2 aromatic rings. The van der Waals surface area contributed by atoms with Crippen molar-refractivity contribution in [2.75, 3.05) is 46.8 Å². The first-order valence-corrected chi connectivity index (χ1v) is 13.6. The monoisotopic (exact) mass is 502 g/mol. The molecule has 10 heteroatoms. The summed E-state index contributed by atoms with van der Waals surface area (Å²) in [6.45, 7) is 7.36. The summed E-state index contributed by atoms with van der Waals surface area (Å²) in [7, 11) is 3.99. The fourth-order valence-electron chi connectivity index (χ4n) is 5.75. The highest BCUT2D eigenvalue weighted by Gasteiger charge is 2.43. The summed E-state index contributed by atoms with van der Waals surface area (Å²) in [6, 6.07) is 0.0538. The normalized spacial score (nSPS) is 22.1. The molecule has 1 aliphatic carbocycles. The largest absolute Gasteiger partial charge is 0.338 e. The van der Waals surface area contributed by atoms with E-state index in [0.717, 1.165) is 55.6 Å². The van der Waals surface area contributed by atoms with Crippen LogP contribution in [0.25, 0.3) is 10.2 Å². The van der Waals surface area contributed by atoms with Crippen LogP contribution in [0.15, 0.2) is 11.1 Å². The molecule has 2 N–H and O–H groups in total.